The van der Waals surface area contributed by atoms with Crippen LogP contribution in [-0.4, -0.2) is 30.1 Å². The van der Waals surface area contributed by atoms with Gasteiger partial charge in [-0.2, -0.15) is 0 Å². The van der Waals surface area contributed by atoms with E-state index in [1.165, 1.54) is 0 Å². The van der Waals surface area contributed by atoms with Gasteiger partial charge in [0.1, 0.15) is 5.60 Å². The Bertz CT molecular complexity index is 909. The summed E-state index contributed by atoms with van der Waals surface area (Å²) in [5, 5.41) is 8.50. The van der Waals surface area contributed by atoms with Crippen molar-refractivity contribution < 1.29 is 19.1 Å². The van der Waals surface area contributed by atoms with Crippen LogP contribution < -0.4 is 16.0 Å². The van der Waals surface area contributed by atoms with Gasteiger partial charge in [-0.1, -0.05) is 41.9 Å². The standard InChI is InChI=1S/C22H26ClN3O4/c1-22(2,3)30-21(29)24-13-12-19(27)25-14-15-8-4-7-11-18(15)26-20(28)16-9-5-6-10-17(16)23/h4-11H,12-14H2,1-3H3,(H,24,29)(H,25,27)(H,26,28). The number of benzene rings is 2. The number of alkyl carbamates (subject to hydrolysis) is 1. The maximum atomic E-state index is 12.5. The van der Waals surface area contributed by atoms with E-state index in [2.05, 4.69) is 16.0 Å². The second kappa shape index (κ2) is 10.6. The van der Waals surface area contributed by atoms with Crippen LogP contribution in [0.2, 0.25) is 5.02 Å². The molecule has 0 radical (unpaired) electrons. The Hall–Kier alpha value is -3.06. The molecule has 0 saturated carbocycles. The summed E-state index contributed by atoms with van der Waals surface area (Å²) >= 11 is 6.08. The predicted octanol–water partition coefficient (Wildman–Crippen LogP) is 4.12. The number of amides is 3. The highest BCUT2D eigenvalue weighted by Gasteiger charge is 2.16. The third-order valence-corrected chi connectivity index (χ3v) is 4.21. The van der Waals surface area contributed by atoms with Crippen molar-refractivity contribution in [3.8, 4) is 0 Å². The molecule has 7 nitrogen and oxygen atoms in total. The molecule has 30 heavy (non-hydrogen) atoms. The molecule has 2 aromatic rings. The lowest BCUT2D eigenvalue weighted by Gasteiger charge is -2.19. The minimum atomic E-state index is -0.593. The summed E-state index contributed by atoms with van der Waals surface area (Å²) in [4.78, 5) is 36.2. The summed E-state index contributed by atoms with van der Waals surface area (Å²) in [7, 11) is 0. The zero-order chi connectivity index (χ0) is 22.1. The molecule has 3 amide bonds. The van der Waals surface area contributed by atoms with E-state index in [9.17, 15) is 14.4 Å². The van der Waals surface area contributed by atoms with Gasteiger partial charge in [0.15, 0.2) is 0 Å². The minimum absolute atomic E-state index is 0.105. The average molecular weight is 432 g/mol. The van der Waals surface area contributed by atoms with Gasteiger partial charge in [0.2, 0.25) is 5.91 Å². The average Bonchev–Trinajstić information content (AvgIpc) is 2.66. The first-order valence-corrected chi connectivity index (χ1v) is 9.91. The molecule has 0 bridgehead atoms. The van der Waals surface area contributed by atoms with Crippen LogP contribution in [0, 0.1) is 0 Å². The number of ether oxygens (including phenoxy) is 1. The monoisotopic (exact) mass is 431 g/mol. The van der Waals surface area contributed by atoms with E-state index in [1.807, 2.05) is 6.07 Å². The van der Waals surface area contributed by atoms with Gasteiger partial charge < -0.3 is 20.7 Å². The number of nitrogens with one attached hydrogen (secondary N) is 3. The Morgan fingerprint density at radius 1 is 0.967 bits per heavy atom. The lowest BCUT2D eigenvalue weighted by atomic mass is 10.1. The van der Waals surface area contributed by atoms with Crippen LogP contribution in [0.5, 0.6) is 0 Å². The Balaban J connectivity index is 1.86. The highest BCUT2D eigenvalue weighted by atomic mass is 35.5. The van der Waals surface area contributed by atoms with Crippen molar-refractivity contribution in [1.82, 2.24) is 10.6 Å². The van der Waals surface area contributed by atoms with Crippen LogP contribution >= 0.6 is 11.6 Å². The van der Waals surface area contributed by atoms with Gasteiger partial charge in [-0.15, -0.1) is 0 Å². The molecular weight excluding hydrogens is 406 g/mol. The molecule has 160 valence electrons. The first-order chi connectivity index (χ1) is 14.2. The zero-order valence-corrected chi connectivity index (χ0v) is 18.0. The van der Waals surface area contributed by atoms with E-state index in [1.54, 1.807) is 63.2 Å². The Kier molecular flexibility index (Phi) is 8.24. The van der Waals surface area contributed by atoms with E-state index in [4.69, 9.17) is 16.3 Å². The van der Waals surface area contributed by atoms with Gasteiger partial charge in [0, 0.05) is 25.2 Å². The molecule has 3 N–H and O–H groups in total. The second-order valence-corrected chi connectivity index (χ2v) is 7.95. The van der Waals surface area contributed by atoms with Crippen LogP contribution in [-0.2, 0) is 16.1 Å². The van der Waals surface area contributed by atoms with Gasteiger partial charge in [-0.3, -0.25) is 9.59 Å². The van der Waals surface area contributed by atoms with Crippen LogP contribution in [0.1, 0.15) is 43.1 Å². The summed E-state index contributed by atoms with van der Waals surface area (Å²) < 4.78 is 5.12. The fraction of sp³-hybridized carbons (Fsp3) is 0.318. The third-order valence-electron chi connectivity index (χ3n) is 3.88. The number of anilines is 1. The Morgan fingerprint density at radius 3 is 2.33 bits per heavy atom. The molecule has 2 aromatic carbocycles. The quantitative estimate of drug-likeness (QED) is 0.614. The largest absolute Gasteiger partial charge is 0.444 e. The highest BCUT2D eigenvalue weighted by Crippen LogP contribution is 2.19. The van der Waals surface area contributed by atoms with Crippen molar-refractivity contribution in [3.05, 3.63) is 64.7 Å². The maximum absolute atomic E-state index is 12.5. The summed E-state index contributed by atoms with van der Waals surface area (Å²) in [5.41, 5.74) is 1.09. The Morgan fingerprint density at radius 2 is 1.63 bits per heavy atom. The van der Waals surface area contributed by atoms with Gasteiger partial charge in [0.25, 0.3) is 5.91 Å². The molecule has 0 aliphatic carbocycles. The third kappa shape index (κ3) is 7.75. The maximum Gasteiger partial charge on any atom is 0.407 e. The number of rotatable bonds is 7. The second-order valence-electron chi connectivity index (χ2n) is 7.55. The van der Waals surface area contributed by atoms with Gasteiger partial charge >= 0.3 is 6.09 Å². The molecule has 0 aliphatic rings. The van der Waals surface area contributed by atoms with Gasteiger partial charge in [-0.25, -0.2) is 4.79 Å². The van der Waals surface area contributed by atoms with Crippen LogP contribution in [0.25, 0.3) is 0 Å². The van der Waals surface area contributed by atoms with E-state index in [0.29, 0.717) is 16.3 Å². The normalized spacial score (nSPS) is 10.8. The van der Waals surface area contributed by atoms with Gasteiger partial charge in [-0.05, 0) is 44.5 Å². The number of para-hydroxylation sites is 1. The van der Waals surface area contributed by atoms with Crippen molar-refractivity contribution >= 4 is 35.2 Å². The number of halogens is 1. The summed E-state index contributed by atoms with van der Waals surface area (Å²) in [6.07, 6.45) is -0.462. The fourth-order valence-electron chi connectivity index (χ4n) is 2.51. The number of carbonyl (C=O) groups is 3. The summed E-state index contributed by atoms with van der Waals surface area (Å²) in [6, 6.07) is 13.9. The molecule has 0 atom stereocenters. The summed E-state index contributed by atoms with van der Waals surface area (Å²) in [6.45, 7) is 5.68. The van der Waals surface area contributed by atoms with Crippen LogP contribution in [0.15, 0.2) is 48.5 Å². The number of hydrogen-bond donors (Lipinski definition) is 3. The predicted molar refractivity (Wildman–Crippen MR) is 117 cm³/mol. The molecule has 0 saturated heterocycles. The van der Waals surface area contributed by atoms with E-state index >= 15 is 0 Å². The lowest BCUT2D eigenvalue weighted by molar-refractivity contribution is -0.121. The molecule has 0 aromatic heterocycles. The molecular formula is C22H26ClN3O4. The molecule has 0 aliphatic heterocycles. The van der Waals surface area contributed by atoms with E-state index in [0.717, 1.165) is 5.56 Å². The van der Waals surface area contributed by atoms with Crippen molar-refractivity contribution in [2.75, 3.05) is 11.9 Å². The van der Waals surface area contributed by atoms with Crippen molar-refractivity contribution in [1.29, 1.82) is 0 Å². The molecule has 0 spiro atoms. The van der Waals surface area contributed by atoms with E-state index in [-0.39, 0.29) is 31.3 Å². The van der Waals surface area contributed by atoms with E-state index < -0.39 is 11.7 Å². The fourth-order valence-corrected chi connectivity index (χ4v) is 2.73. The molecule has 0 heterocycles. The zero-order valence-electron chi connectivity index (χ0n) is 17.3. The SMILES string of the molecule is CC(C)(C)OC(=O)NCCC(=O)NCc1ccccc1NC(=O)c1ccccc1Cl. The topological polar surface area (TPSA) is 96.5 Å². The summed E-state index contributed by atoms with van der Waals surface area (Å²) in [5.74, 6) is -0.570. The number of carbonyl (C=O) groups excluding carboxylic acids is 3. The minimum Gasteiger partial charge on any atom is -0.444 e. The van der Waals surface area contributed by atoms with Gasteiger partial charge in [0.05, 0.1) is 10.6 Å². The Labute approximate surface area is 181 Å². The van der Waals surface area contributed by atoms with Crippen molar-refractivity contribution in [3.63, 3.8) is 0 Å². The smallest absolute Gasteiger partial charge is 0.407 e. The van der Waals surface area contributed by atoms with Crippen molar-refractivity contribution in [2.24, 2.45) is 0 Å². The molecule has 8 heteroatoms. The lowest BCUT2D eigenvalue weighted by Crippen LogP contribution is -2.35. The molecule has 0 fully saturated rings. The van der Waals surface area contributed by atoms with Crippen molar-refractivity contribution in [2.45, 2.75) is 39.3 Å². The highest BCUT2D eigenvalue weighted by molar-refractivity contribution is 6.34. The first kappa shape index (κ1) is 23.2. The molecule has 0 unspecified atom stereocenters. The number of hydrogen-bond acceptors (Lipinski definition) is 4. The van der Waals surface area contributed by atoms with Crippen LogP contribution in [0.3, 0.4) is 0 Å². The van der Waals surface area contributed by atoms with Crippen LogP contribution in [0.4, 0.5) is 10.5 Å². The molecule has 2 rings (SSSR count). The first-order valence-electron chi connectivity index (χ1n) is 9.53.